The Labute approximate surface area is 279 Å². The van der Waals surface area contributed by atoms with Crippen molar-refractivity contribution in [2.45, 2.75) is 90.6 Å². The molecule has 0 bridgehead atoms. The van der Waals surface area contributed by atoms with Crippen LogP contribution >= 0.6 is 11.3 Å². The van der Waals surface area contributed by atoms with E-state index in [1.54, 1.807) is 5.38 Å². The van der Waals surface area contributed by atoms with Crippen LogP contribution in [0, 0.1) is 17.8 Å². The first-order chi connectivity index (χ1) is 22.1. The highest BCUT2D eigenvalue weighted by Gasteiger charge is 2.33. The largest absolute Gasteiger partial charge is 0.370 e. The highest BCUT2D eigenvalue weighted by Crippen LogP contribution is 2.23. The van der Waals surface area contributed by atoms with Crippen molar-refractivity contribution < 1.29 is 28.8 Å². The molecule has 1 rings (SSSR count). The van der Waals surface area contributed by atoms with Crippen LogP contribution in [0.4, 0.5) is 0 Å². The number of Topliss-reactive ketones (excluding diaryl/α,β-unsaturated/α-hetero) is 3. The lowest BCUT2D eigenvalue weighted by atomic mass is 9.87. The Kier molecular flexibility index (Phi) is 18.5. The lowest BCUT2D eigenvalue weighted by molar-refractivity contribution is -0.134. The summed E-state index contributed by atoms with van der Waals surface area (Å²) in [5, 5.41) is 7.31. The molecular formula is C30H50N10O6S. The number of hydrogen-bond donors (Lipinski definition) is 7. The fraction of sp³-hybridized carbons (Fsp3) is 0.633. The Morgan fingerprint density at radius 2 is 1.38 bits per heavy atom. The summed E-state index contributed by atoms with van der Waals surface area (Å²) in [6.07, 6.45) is 2.41. The SMILES string of the molecule is CC(=O)N[C@@H](CCCN=C(N)N)C(=O)C[C@@H](CCC(N)=O)C(=O)N[C@@H](CC(C)C)C(=O)C[C@@H](CCCN=C(N)N)C(=O)c1nccs1. The quantitative estimate of drug-likeness (QED) is 0.0327. The van der Waals surface area contributed by atoms with Gasteiger partial charge in [-0.1, -0.05) is 13.8 Å². The molecule has 0 aliphatic carbocycles. The monoisotopic (exact) mass is 678 g/mol. The summed E-state index contributed by atoms with van der Waals surface area (Å²) in [6.45, 7) is 5.54. The van der Waals surface area contributed by atoms with Crippen molar-refractivity contribution in [1.82, 2.24) is 15.6 Å². The average Bonchev–Trinajstić information content (AvgIpc) is 3.51. The van der Waals surface area contributed by atoms with Crippen LogP contribution in [0.25, 0.3) is 0 Å². The molecule has 17 heteroatoms. The van der Waals surface area contributed by atoms with Gasteiger partial charge in [-0.05, 0) is 44.4 Å². The number of nitrogens with two attached hydrogens (primary N) is 5. The second-order valence-electron chi connectivity index (χ2n) is 11.8. The summed E-state index contributed by atoms with van der Waals surface area (Å²) in [7, 11) is 0. The van der Waals surface area contributed by atoms with Crippen molar-refractivity contribution in [3.8, 4) is 0 Å². The van der Waals surface area contributed by atoms with E-state index in [2.05, 4.69) is 25.6 Å². The Morgan fingerprint density at radius 3 is 1.89 bits per heavy atom. The third-order valence-corrected chi connectivity index (χ3v) is 7.94. The maximum absolute atomic E-state index is 13.7. The first-order valence-corrected chi connectivity index (χ1v) is 16.4. The van der Waals surface area contributed by atoms with Gasteiger partial charge in [0.1, 0.15) is 0 Å². The zero-order chi connectivity index (χ0) is 35.5. The van der Waals surface area contributed by atoms with Crippen LogP contribution in [0.5, 0.6) is 0 Å². The molecule has 0 aliphatic rings. The van der Waals surface area contributed by atoms with Gasteiger partial charge in [-0.3, -0.25) is 38.8 Å². The number of aliphatic imine (C=N–C) groups is 2. The van der Waals surface area contributed by atoms with Gasteiger partial charge in [-0.25, -0.2) is 4.98 Å². The molecule has 16 nitrogen and oxygen atoms in total. The van der Waals surface area contributed by atoms with Crippen molar-refractivity contribution in [2.24, 2.45) is 56.4 Å². The van der Waals surface area contributed by atoms with Crippen LogP contribution in [0.2, 0.25) is 0 Å². The molecule has 1 heterocycles. The van der Waals surface area contributed by atoms with Crippen LogP contribution in [0.3, 0.4) is 0 Å². The van der Waals surface area contributed by atoms with Crippen molar-refractivity contribution >= 4 is 58.3 Å². The zero-order valence-corrected chi connectivity index (χ0v) is 28.2. The Bertz CT molecular complexity index is 1260. The van der Waals surface area contributed by atoms with Crippen LogP contribution in [-0.4, -0.2) is 77.1 Å². The molecule has 0 fully saturated rings. The van der Waals surface area contributed by atoms with E-state index in [1.165, 1.54) is 24.5 Å². The van der Waals surface area contributed by atoms with Gasteiger partial charge in [0, 0.05) is 62.7 Å². The normalized spacial score (nSPS) is 13.4. The average molecular weight is 679 g/mol. The molecule has 4 atom stereocenters. The third-order valence-electron chi connectivity index (χ3n) is 7.15. The van der Waals surface area contributed by atoms with E-state index >= 15 is 0 Å². The number of primary amides is 1. The number of aromatic nitrogens is 1. The zero-order valence-electron chi connectivity index (χ0n) is 27.4. The van der Waals surface area contributed by atoms with Crippen LogP contribution in [0.1, 0.15) is 88.4 Å². The Balaban J connectivity index is 3.18. The molecule has 3 amide bonds. The minimum atomic E-state index is -1.02. The van der Waals surface area contributed by atoms with E-state index in [9.17, 15) is 28.8 Å². The fourth-order valence-corrected chi connectivity index (χ4v) is 5.55. The molecule has 0 aliphatic heterocycles. The molecule has 0 unspecified atom stereocenters. The number of nitrogens with zero attached hydrogens (tertiary/aromatic N) is 3. The minimum absolute atomic E-state index is 0.0145. The molecule has 1 aromatic rings. The summed E-state index contributed by atoms with van der Waals surface area (Å²) in [5.74, 6) is -4.74. The minimum Gasteiger partial charge on any atom is -0.370 e. The molecule has 0 saturated heterocycles. The summed E-state index contributed by atoms with van der Waals surface area (Å²) in [6, 6.07) is -1.89. The smallest absolute Gasteiger partial charge is 0.224 e. The number of carbonyl (C=O) groups excluding carboxylic acids is 6. The highest BCUT2D eigenvalue weighted by atomic mass is 32.1. The molecule has 262 valence electrons. The molecule has 1 aromatic heterocycles. The molecule has 0 saturated carbocycles. The van der Waals surface area contributed by atoms with Crippen molar-refractivity contribution in [3.05, 3.63) is 16.6 Å². The van der Waals surface area contributed by atoms with Crippen molar-refractivity contribution in [3.63, 3.8) is 0 Å². The molecule has 47 heavy (non-hydrogen) atoms. The number of rotatable bonds is 24. The van der Waals surface area contributed by atoms with Crippen LogP contribution < -0.4 is 39.3 Å². The summed E-state index contributed by atoms with van der Waals surface area (Å²) >= 11 is 1.17. The van der Waals surface area contributed by atoms with E-state index in [4.69, 9.17) is 28.7 Å². The number of thiazole rings is 1. The second-order valence-corrected chi connectivity index (χ2v) is 12.7. The first-order valence-electron chi connectivity index (χ1n) is 15.6. The topological polar surface area (TPSA) is 294 Å². The number of hydrogen-bond acceptors (Lipinski definition) is 10. The summed E-state index contributed by atoms with van der Waals surface area (Å²) in [5.41, 5.74) is 26.9. The molecule has 0 aromatic carbocycles. The Hall–Kier alpha value is -4.41. The predicted molar refractivity (Wildman–Crippen MR) is 180 cm³/mol. The lowest BCUT2D eigenvalue weighted by Gasteiger charge is -2.25. The summed E-state index contributed by atoms with van der Waals surface area (Å²) in [4.78, 5) is 89.3. The molecule has 0 spiro atoms. The van der Waals surface area contributed by atoms with E-state index in [0.29, 0.717) is 19.3 Å². The maximum Gasteiger partial charge on any atom is 0.224 e. The number of carbonyl (C=O) groups is 6. The second kappa shape index (κ2) is 21.4. The van der Waals surface area contributed by atoms with Gasteiger partial charge in [-0.15, -0.1) is 11.3 Å². The Morgan fingerprint density at radius 1 is 0.809 bits per heavy atom. The summed E-state index contributed by atoms with van der Waals surface area (Å²) < 4.78 is 0. The van der Waals surface area contributed by atoms with Gasteiger partial charge in [-0.2, -0.15) is 0 Å². The van der Waals surface area contributed by atoms with E-state index in [1.807, 2.05) is 13.8 Å². The van der Waals surface area contributed by atoms with Crippen LogP contribution in [-0.2, 0) is 24.0 Å². The fourth-order valence-electron chi connectivity index (χ4n) is 4.90. The first kappa shape index (κ1) is 40.6. The number of guanidine groups is 2. The lowest BCUT2D eigenvalue weighted by Crippen LogP contribution is -2.47. The molecular weight excluding hydrogens is 628 g/mol. The number of nitrogens with one attached hydrogen (secondary N) is 2. The van der Waals surface area contributed by atoms with E-state index in [-0.39, 0.29) is 86.0 Å². The van der Waals surface area contributed by atoms with E-state index < -0.39 is 47.4 Å². The maximum atomic E-state index is 13.7. The van der Waals surface area contributed by atoms with Gasteiger partial charge in [0.2, 0.25) is 17.7 Å². The van der Waals surface area contributed by atoms with Gasteiger partial charge < -0.3 is 39.3 Å². The third kappa shape index (κ3) is 17.2. The highest BCUT2D eigenvalue weighted by molar-refractivity contribution is 7.11. The standard InChI is InChI=1S/C30H50N10O6S/c1-17(2)14-22(24(43)15-19(6-4-10-37-29(32)33)26(45)28-36-12-13-47-28)40-27(46)20(8-9-25(31)44)16-23(42)21(39-18(3)41)7-5-11-38-30(34)35/h12-13,17,19-22H,4-11,14-16H2,1-3H3,(H2,31,44)(H,39,41)(H,40,46)(H4,32,33,37)(H4,34,35,38)/t19-,20-,21+,22+/m1/s1. The number of ketones is 3. The van der Waals surface area contributed by atoms with E-state index in [0.717, 1.165) is 0 Å². The molecule has 0 radical (unpaired) electrons. The van der Waals surface area contributed by atoms with Crippen molar-refractivity contribution in [2.75, 3.05) is 13.1 Å². The van der Waals surface area contributed by atoms with Crippen LogP contribution in [0.15, 0.2) is 21.6 Å². The predicted octanol–water partition coefficient (Wildman–Crippen LogP) is -0.115. The van der Waals surface area contributed by atoms with Gasteiger partial charge >= 0.3 is 0 Å². The van der Waals surface area contributed by atoms with Crippen molar-refractivity contribution in [1.29, 1.82) is 0 Å². The van der Waals surface area contributed by atoms with Gasteiger partial charge in [0.25, 0.3) is 0 Å². The van der Waals surface area contributed by atoms with Gasteiger partial charge in [0.05, 0.1) is 12.1 Å². The molecule has 12 N–H and O–H groups in total. The van der Waals surface area contributed by atoms with Gasteiger partial charge in [0.15, 0.2) is 34.3 Å². The number of amides is 3.